The van der Waals surface area contributed by atoms with E-state index in [-0.39, 0.29) is 11.8 Å². The summed E-state index contributed by atoms with van der Waals surface area (Å²) in [6, 6.07) is 0.457. The molecule has 1 aliphatic heterocycles. The minimum Gasteiger partial charge on any atom is -0.359 e. The highest BCUT2D eigenvalue weighted by atomic mass is 16.1. The highest BCUT2D eigenvalue weighted by molar-refractivity contribution is 5.81. The van der Waals surface area contributed by atoms with Crippen molar-refractivity contribution in [2.24, 2.45) is 5.92 Å². The van der Waals surface area contributed by atoms with Crippen LogP contribution in [0.1, 0.15) is 32.1 Å². The zero-order valence-electron chi connectivity index (χ0n) is 9.87. The molecule has 90 valence electrons. The van der Waals surface area contributed by atoms with Gasteiger partial charge < -0.3 is 5.32 Å². The van der Waals surface area contributed by atoms with Gasteiger partial charge in [-0.1, -0.05) is 0 Å². The molecule has 0 spiro atoms. The highest BCUT2D eigenvalue weighted by Gasteiger charge is 2.31. The van der Waals surface area contributed by atoms with Gasteiger partial charge in [0.2, 0.25) is 5.91 Å². The second kappa shape index (κ2) is 4.95. The molecule has 1 saturated carbocycles. The van der Waals surface area contributed by atoms with Crippen molar-refractivity contribution in [3.63, 3.8) is 0 Å². The molecule has 1 N–H and O–H groups in total. The second-order valence-corrected chi connectivity index (χ2v) is 4.86. The average molecular weight is 224 g/mol. The van der Waals surface area contributed by atoms with E-state index in [9.17, 15) is 9.59 Å². The van der Waals surface area contributed by atoms with Gasteiger partial charge in [-0.15, -0.1) is 0 Å². The SMILES string of the molecule is CNC(=O)C1CCN(C2CCC(=O)C2)CC1. The van der Waals surface area contributed by atoms with Gasteiger partial charge in [-0.25, -0.2) is 0 Å². The summed E-state index contributed by atoms with van der Waals surface area (Å²) in [6.07, 6.45) is 4.36. The van der Waals surface area contributed by atoms with Crippen molar-refractivity contribution < 1.29 is 9.59 Å². The molecule has 2 rings (SSSR count). The minimum atomic E-state index is 0.169. The van der Waals surface area contributed by atoms with Gasteiger partial charge in [0.05, 0.1) is 0 Å². The lowest BCUT2D eigenvalue weighted by atomic mass is 9.94. The molecule has 0 bridgehead atoms. The number of nitrogens with zero attached hydrogens (tertiary/aromatic N) is 1. The molecular weight excluding hydrogens is 204 g/mol. The van der Waals surface area contributed by atoms with Gasteiger partial charge in [-0.2, -0.15) is 0 Å². The predicted molar refractivity (Wildman–Crippen MR) is 61.0 cm³/mol. The molecule has 16 heavy (non-hydrogen) atoms. The van der Waals surface area contributed by atoms with Gasteiger partial charge in [0.15, 0.2) is 0 Å². The Labute approximate surface area is 96.4 Å². The van der Waals surface area contributed by atoms with E-state index in [1.54, 1.807) is 7.05 Å². The van der Waals surface area contributed by atoms with E-state index in [1.165, 1.54) is 0 Å². The van der Waals surface area contributed by atoms with Crippen LogP contribution in [0.25, 0.3) is 0 Å². The van der Waals surface area contributed by atoms with Crippen LogP contribution < -0.4 is 5.32 Å². The molecule has 2 aliphatic rings. The fourth-order valence-electron chi connectivity index (χ4n) is 2.84. The van der Waals surface area contributed by atoms with Crippen molar-refractivity contribution in [2.75, 3.05) is 20.1 Å². The van der Waals surface area contributed by atoms with Crippen LogP contribution in [0.15, 0.2) is 0 Å². The Kier molecular flexibility index (Phi) is 3.59. The fourth-order valence-corrected chi connectivity index (χ4v) is 2.84. The van der Waals surface area contributed by atoms with Crippen LogP contribution in [-0.4, -0.2) is 42.8 Å². The number of carbonyl (C=O) groups is 2. The smallest absolute Gasteiger partial charge is 0.222 e. The monoisotopic (exact) mass is 224 g/mol. The minimum absolute atomic E-state index is 0.169. The van der Waals surface area contributed by atoms with Crippen LogP contribution in [0.5, 0.6) is 0 Å². The van der Waals surface area contributed by atoms with Gasteiger partial charge >= 0.3 is 0 Å². The lowest BCUT2D eigenvalue weighted by Gasteiger charge is -2.34. The topological polar surface area (TPSA) is 49.4 Å². The van der Waals surface area contributed by atoms with Gasteiger partial charge in [-0.05, 0) is 32.4 Å². The number of carbonyl (C=O) groups excluding carboxylic acids is 2. The Morgan fingerprint density at radius 3 is 2.50 bits per heavy atom. The summed E-state index contributed by atoms with van der Waals surface area (Å²) in [5.74, 6) is 0.749. The maximum Gasteiger partial charge on any atom is 0.222 e. The molecule has 1 aliphatic carbocycles. The number of likely N-dealkylation sites (tertiary alicyclic amines) is 1. The first kappa shape index (κ1) is 11.6. The molecule has 0 aromatic rings. The van der Waals surface area contributed by atoms with Crippen molar-refractivity contribution in [2.45, 2.75) is 38.1 Å². The second-order valence-electron chi connectivity index (χ2n) is 4.86. The summed E-state index contributed by atoms with van der Waals surface area (Å²) < 4.78 is 0. The number of hydrogen-bond acceptors (Lipinski definition) is 3. The lowest BCUT2D eigenvalue weighted by Crippen LogP contribution is -2.43. The Hall–Kier alpha value is -0.900. The Balaban J connectivity index is 1.81. The summed E-state index contributed by atoms with van der Waals surface area (Å²) >= 11 is 0. The standard InChI is InChI=1S/C12H20N2O2/c1-13-12(16)9-4-6-14(7-5-9)10-2-3-11(15)8-10/h9-10H,2-8H2,1H3,(H,13,16). The molecule has 0 radical (unpaired) electrons. The number of ketones is 1. The van der Waals surface area contributed by atoms with Crippen LogP contribution in [0.4, 0.5) is 0 Å². The molecule has 1 unspecified atom stereocenters. The third-order valence-electron chi connectivity index (χ3n) is 3.88. The van der Waals surface area contributed by atoms with Crippen molar-refractivity contribution >= 4 is 11.7 Å². The molecule has 0 aromatic heterocycles. The number of Topliss-reactive ketones (excluding diaryl/α,β-unsaturated/α-hetero) is 1. The van der Waals surface area contributed by atoms with Gasteiger partial charge in [-0.3, -0.25) is 14.5 Å². The van der Waals surface area contributed by atoms with Crippen molar-refractivity contribution in [3.8, 4) is 0 Å². The fraction of sp³-hybridized carbons (Fsp3) is 0.833. The normalized spacial score (nSPS) is 28.3. The Morgan fingerprint density at radius 1 is 1.31 bits per heavy atom. The lowest BCUT2D eigenvalue weighted by molar-refractivity contribution is -0.126. The molecule has 4 heteroatoms. The molecule has 1 saturated heterocycles. The van der Waals surface area contributed by atoms with Gasteiger partial charge in [0, 0.05) is 31.8 Å². The number of nitrogens with one attached hydrogen (secondary N) is 1. The molecule has 1 heterocycles. The largest absolute Gasteiger partial charge is 0.359 e. The van der Waals surface area contributed by atoms with E-state index in [1.807, 2.05) is 0 Å². The van der Waals surface area contributed by atoms with Crippen LogP contribution in [0.2, 0.25) is 0 Å². The average Bonchev–Trinajstić information content (AvgIpc) is 2.75. The number of piperidine rings is 1. The first-order valence-corrected chi connectivity index (χ1v) is 6.18. The maximum absolute atomic E-state index is 11.5. The third-order valence-corrected chi connectivity index (χ3v) is 3.88. The Morgan fingerprint density at radius 2 is 2.00 bits per heavy atom. The summed E-state index contributed by atoms with van der Waals surface area (Å²) in [4.78, 5) is 25.1. The summed E-state index contributed by atoms with van der Waals surface area (Å²) in [5, 5.41) is 2.71. The molecule has 2 fully saturated rings. The highest BCUT2D eigenvalue weighted by Crippen LogP contribution is 2.26. The van der Waals surface area contributed by atoms with Crippen LogP contribution >= 0.6 is 0 Å². The maximum atomic E-state index is 11.5. The van der Waals surface area contributed by atoms with Crippen LogP contribution in [0.3, 0.4) is 0 Å². The first-order chi connectivity index (χ1) is 7.70. The van der Waals surface area contributed by atoms with Gasteiger partial charge in [0.1, 0.15) is 5.78 Å². The van der Waals surface area contributed by atoms with E-state index >= 15 is 0 Å². The first-order valence-electron chi connectivity index (χ1n) is 6.18. The zero-order valence-corrected chi connectivity index (χ0v) is 9.87. The molecule has 0 aromatic carbocycles. The van der Waals surface area contributed by atoms with E-state index in [0.29, 0.717) is 11.8 Å². The zero-order chi connectivity index (χ0) is 11.5. The number of rotatable bonds is 2. The quantitative estimate of drug-likeness (QED) is 0.746. The molecule has 1 atom stereocenters. The summed E-state index contributed by atoms with van der Waals surface area (Å²) in [6.45, 7) is 1.94. The molecular formula is C12H20N2O2. The summed E-state index contributed by atoms with van der Waals surface area (Å²) in [5.41, 5.74) is 0. The van der Waals surface area contributed by atoms with Crippen LogP contribution in [0, 0.1) is 5.92 Å². The summed E-state index contributed by atoms with van der Waals surface area (Å²) in [7, 11) is 1.70. The number of hydrogen-bond donors (Lipinski definition) is 1. The van der Waals surface area contributed by atoms with E-state index in [4.69, 9.17) is 0 Å². The molecule has 4 nitrogen and oxygen atoms in total. The van der Waals surface area contributed by atoms with E-state index in [0.717, 1.165) is 45.2 Å². The van der Waals surface area contributed by atoms with Crippen molar-refractivity contribution in [3.05, 3.63) is 0 Å². The van der Waals surface area contributed by atoms with E-state index < -0.39 is 0 Å². The third kappa shape index (κ3) is 2.43. The van der Waals surface area contributed by atoms with E-state index in [2.05, 4.69) is 10.2 Å². The Bertz CT molecular complexity index is 283. The predicted octanol–water partition coefficient (Wildman–Crippen LogP) is 0.566. The van der Waals surface area contributed by atoms with Crippen molar-refractivity contribution in [1.29, 1.82) is 0 Å². The van der Waals surface area contributed by atoms with Gasteiger partial charge in [0.25, 0.3) is 0 Å². The van der Waals surface area contributed by atoms with Crippen molar-refractivity contribution in [1.82, 2.24) is 10.2 Å². The number of amides is 1. The van der Waals surface area contributed by atoms with Crippen LogP contribution in [-0.2, 0) is 9.59 Å². The molecule has 1 amide bonds.